The highest BCUT2D eigenvalue weighted by atomic mass is 16.2. The Morgan fingerprint density at radius 2 is 1.64 bits per heavy atom. The van der Waals surface area contributed by atoms with Gasteiger partial charge in [-0.25, -0.2) is 0 Å². The maximum Gasteiger partial charge on any atom is 0.253 e. The van der Waals surface area contributed by atoms with Gasteiger partial charge in [0.1, 0.15) is 6.04 Å². The summed E-state index contributed by atoms with van der Waals surface area (Å²) in [6.45, 7) is 1.54. The highest BCUT2D eigenvalue weighted by Crippen LogP contribution is 2.36. The average molecular weight is 381 g/mol. The van der Waals surface area contributed by atoms with Crippen LogP contribution in [-0.4, -0.2) is 40.6 Å². The maximum absolute atomic E-state index is 12.8. The second kappa shape index (κ2) is 7.22. The molecule has 2 N–H and O–H groups in total. The van der Waals surface area contributed by atoms with Crippen molar-refractivity contribution in [3.8, 4) is 0 Å². The fraction of sp³-hybridized carbons (Fsp3) is 0.429. The SMILES string of the molecule is C[C@@H](C(=O)Nc1ccccc1C(=O)NC1CC1)N1C(=O)[C@H]2CC=CC[C@H]2C1=O. The number of hydrogen-bond acceptors (Lipinski definition) is 4. The van der Waals surface area contributed by atoms with Gasteiger partial charge in [-0.2, -0.15) is 0 Å². The van der Waals surface area contributed by atoms with Gasteiger partial charge >= 0.3 is 0 Å². The standard InChI is InChI=1S/C21H23N3O4/c1-12(24-20(27)14-6-2-3-7-15(14)21(24)28)18(25)23-17-9-5-4-8-16(17)19(26)22-13-10-11-13/h2-5,8-9,12-15H,6-7,10-11H2,1H3,(H,22,26)(H,23,25)/t12-,14-,15+/m0/s1. The Morgan fingerprint density at radius 3 is 2.25 bits per heavy atom. The van der Waals surface area contributed by atoms with Crippen LogP contribution in [0.25, 0.3) is 0 Å². The minimum Gasteiger partial charge on any atom is -0.349 e. The largest absolute Gasteiger partial charge is 0.349 e. The zero-order chi connectivity index (χ0) is 19.8. The van der Waals surface area contributed by atoms with E-state index in [9.17, 15) is 19.2 Å². The number of imide groups is 1. The second-order valence-corrected chi connectivity index (χ2v) is 7.66. The van der Waals surface area contributed by atoms with Crippen LogP contribution >= 0.6 is 0 Å². The van der Waals surface area contributed by atoms with Gasteiger partial charge in [-0.05, 0) is 44.7 Å². The number of benzene rings is 1. The Morgan fingerprint density at radius 1 is 1.04 bits per heavy atom. The quantitative estimate of drug-likeness (QED) is 0.601. The molecule has 0 aromatic heterocycles. The molecule has 4 rings (SSSR count). The van der Waals surface area contributed by atoms with Crippen molar-refractivity contribution in [2.75, 3.05) is 5.32 Å². The number of carbonyl (C=O) groups is 4. The van der Waals surface area contributed by atoms with Crippen LogP contribution in [0.4, 0.5) is 5.69 Å². The third kappa shape index (κ3) is 3.32. The summed E-state index contributed by atoms with van der Waals surface area (Å²) < 4.78 is 0. The highest BCUT2D eigenvalue weighted by Gasteiger charge is 2.50. The minimum atomic E-state index is -0.940. The summed E-state index contributed by atoms with van der Waals surface area (Å²) in [5.41, 5.74) is 0.738. The Labute approximate surface area is 163 Å². The molecule has 28 heavy (non-hydrogen) atoms. The van der Waals surface area contributed by atoms with E-state index in [1.54, 1.807) is 31.2 Å². The highest BCUT2D eigenvalue weighted by molar-refractivity contribution is 6.11. The van der Waals surface area contributed by atoms with Crippen molar-refractivity contribution >= 4 is 29.3 Å². The lowest BCUT2D eigenvalue weighted by Gasteiger charge is -2.23. The van der Waals surface area contributed by atoms with Gasteiger partial charge in [-0.1, -0.05) is 24.3 Å². The monoisotopic (exact) mass is 381 g/mol. The second-order valence-electron chi connectivity index (χ2n) is 7.66. The molecule has 1 aromatic rings. The number of amides is 4. The van der Waals surface area contributed by atoms with Gasteiger partial charge in [0.25, 0.3) is 5.91 Å². The molecule has 1 aliphatic heterocycles. The van der Waals surface area contributed by atoms with E-state index in [-0.39, 0.29) is 35.6 Å². The Hall–Kier alpha value is -2.96. The van der Waals surface area contributed by atoms with Crippen LogP contribution in [0, 0.1) is 11.8 Å². The normalized spacial score (nSPS) is 24.7. The van der Waals surface area contributed by atoms with Gasteiger partial charge in [0.05, 0.1) is 23.1 Å². The summed E-state index contributed by atoms with van der Waals surface area (Å²) in [6, 6.07) is 6.00. The Kier molecular flexibility index (Phi) is 4.75. The minimum absolute atomic E-state index is 0.201. The molecule has 146 valence electrons. The number of anilines is 1. The third-order valence-corrected chi connectivity index (χ3v) is 5.65. The lowest BCUT2D eigenvalue weighted by Crippen LogP contribution is -2.46. The molecule has 7 nitrogen and oxygen atoms in total. The van der Waals surface area contributed by atoms with Crippen LogP contribution < -0.4 is 10.6 Å². The van der Waals surface area contributed by atoms with Crippen LogP contribution in [-0.2, 0) is 14.4 Å². The zero-order valence-corrected chi connectivity index (χ0v) is 15.7. The van der Waals surface area contributed by atoms with Crippen molar-refractivity contribution in [2.45, 2.75) is 44.7 Å². The smallest absolute Gasteiger partial charge is 0.253 e. The number of rotatable bonds is 5. The fourth-order valence-corrected chi connectivity index (χ4v) is 3.84. The Bertz CT molecular complexity index is 848. The van der Waals surface area contributed by atoms with Crippen LogP contribution in [0.15, 0.2) is 36.4 Å². The van der Waals surface area contributed by atoms with Gasteiger partial charge in [0.2, 0.25) is 17.7 Å². The molecule has 2 aliphatic carbocycles. The first-order chi connectivity index (χ1) is 13.5. The first-order valence-electron chi connectivity index (χ1n) is 9.70. The number of hydrogen-bond donors (Lipinski definition) is 2. The van der Waals surface area contributed by atoms with E-state index in [1.807, 2.05) is 12.2 Å². The first kappa shape index (κ1) is 18.4. The predicted octanol–water partition coefficient (Wildman–Crippen LogP) is 1.86. The topological polar surface area (TPSA) is 95.6 Å². The molecule has 0 spiro atoms. The molecule has 1 saturated carbocycles. The van der Waals surface area contributed by atoms with E-state index in [0.29, 0.717) is 24.1 Å². The summed E-state index contributed by atoms with van der Waals surface area (Å²) in [4.78, 5) is 51.7. The summed E-state index contributed by atoms with van der Waals surface area (Å²) >= 11 is 0. The van der Waals surface area contributed by atoms with E-state index in [1.165, 1.54) is 0 Å². The number of carbonyl (C=O) groups excluding carboxylic acids is 4. The summed E-state index contributed by atoms with van der Waals surface area (Å²) in [5, 5.41) is 5.62. The zero-order valence-electron chi connectivity index (χ0n) is 15.7. The van der Waals surface area contributed by atoms with Crippen molar-refractivity contribution < 1.29 is 19.2 Å². The molecule has 2 fully saturated rings. The molecule has 1 heterocycles. The van der Waals surface area contributed by atoms with Crippen molar-refractivity contribution in [3.05, 3.63) is 42.0 Å². The molecule has 1 saturated heterocycles. The van der Waals surface area contributed by atoms with Crippen LogP contribution in [0.3, 0.4) is 0 Å². The van der Waals surface area contributed by atoms with Crippen LogP contribution in [0.5, 0.6) is 0 Å². The summed E-state index contributed by atoms with van der Waals surface area (Å²) in [7, 11) is 0. The predicted molar refractivity (Wildman–Crippen MR) is 102 cm³/mol. The average Bonchev–Trinajstić information content (AvgIpc) is 3.47. The maximum atomic E-state index is 12.8. The fourth-order valence-electron chi connectivity index (χ4n) is 3.84. The number of nitrogens with one attached hydrogen (secondary N) is 2. The number of fused-ring (bicyclic) bond motifs is 1. The van der Waals surface area contributed by atoms with E-state index < -0.39 is 11.9 Å². The number of allylic oxidation sites excluding steroid dienone is 2. The number of para-hydroxylation sites is 1. The molecule has 3 atom stereocenters. The molecule has 0 unspecified atom stereocenters. The molecule has 4 amide bonds. The van der Waals surface area contributed by atoms with Gasteiger partial charge in [0, 0.05) is 6.04 Å². The van der Waals surface area contributed by atoms with E-state index in [4.69, 9.17) is 0 Å². The molecule has 0 radical (unpaired) electrons. The number of nitrogens with zero attached hydrogens (tertiary/aromatic N) is 1. The van der Waals surface area contributed by atoms with E-state index >= 15 is 0 Å². The molecule has 0 bridgehead atoms. The van der Waals surface area contributed by atoms with Crippen LogP contribution in [0.1, 0.15) is 43.0 Å². The molecular formula is C21H23N3O4. The lowest BCUT2D eigenvalue weighted by atomic mass is 9.85. The van der Waals surface area contributed by atoms with Gasteiger partial charge in [-0.3, -0.25) is 24.1 Å². The van der Waals surface area contributed by atoms with Crippen molar-refractivity contribution in [2.24, 2.45) is 11.8 Å². The summed E-state index contributed by atoms with van der Waals surface area (Å²) in [5.74, 6) is -2.05. The molecule has 3 aliphatic rings. The van der Waals surface area contributed by atoms with Gasteiger partial charge < -0.3 is 10.6 Å². The third-order valence-electron chi connectivity index (χ3n) is 5.65. The van der Waals surface area contributed by atoms with Gasteiger partial charge in [-0.15, -0.1) is 0 Å². The van der Waals surface area contributed by atoms with E-state index in [2.05, 4.69) is 10.6 Å². The molecule has 7 heteroatoms. The molecular weight excluding hydrogens is 358 g/mol. The number of likely N-dealkylation sites (tertiary alicyclic amines) is 1. The van der Waals surface area contributed by atoms with Crippen molar-refractivity contribution in [1.82, 2.24) is 10.2 Å². The van der Waals surface area contributed by atoms with Gasteiger partial charge in [0.15, 0.2) is 0 Å². The van der Waals surface area contributed by atoms with Crippen molar-refractivity contribution in [3.63, 3.8) is 0 Å². The lowest BCUT2D eigenvalue weighted by molar-refractivity contribution is -0.146. The van der Waals surface area contributed by atoms with Crippen LogP contribution in [0.2, 0.25) is 0 Å². The molecule has 1 aromatic carbocycles. The van der Waals surface area contributed by atoms with E-state index in [0.717, 1.165) is 17.7 Å². The van der Waals surface area contributed by atoms with Crippen molar-refractivity contribution in [1.29, 1.82) is 0 Å². The summed E-state index contributed by atoms with van der Waals surface area (Å²) in [6.07, 6.45) is 6.82. The first-order valence-corrected chi connectivity index (χ1v) is 9.70. The Balaban J connectivity index is 1.49.